The second-order valence-corrected chi connectivity index (χ2v) is 4.33. The Morgan fingerprint density at radius 1 is 1.38 bits per heavy atom. The summed E-state index contributed by atoms with van der Waals surface area (Å²) in [6.45, 7) is 0.492. The van der Waals surface area contributed by atoms with Crippen LogP contribution in [-0.4, -0.2) is 4.57 Å². The summed E-state index contributed by atoms with van der Waals surface area (Å²) in [5.74, 6) is -0.282. The van der Waals surface area contributed by atoms with E-state index in [9.17, 15) is 4.39 Å². The van der Waals surface area contributed by atoms with E-state index >= 15 is 0 Å². The van der Waals surface area contributed by atoms with E-state index in [1.54, 1.807) is 22.9 Å². The highest BCUT2D eigenvalue weighted by molar-refractivity contribution is 9.10. The van der Waals surface area contributed by atoms with E-state index in [-0.39, 0.29) is 5.82 Å². The van der Waals surface area contributed by atoms with Gasteiger partial charge in [0.15, 0.2) is 0 Å². The highest BCUT2D eigenvalue weighted by Crippen LogP contribution is 2.16. The molecule has 0 spiro atoms. The van der Waals surface area contributed by atoms with Crippen LogP contribution in [0, 0.1) is 17.1 Å². The smallest absolute Gasteiger partial charge is 0.124 e. The van der Waals surface area contributed by atoms with Crippen molar-refractivity contribution in [1.82, 2.24) is 4.57 Å². The highest BCUT2D eigenvalue weighted by atomic mass is 79.9. The maximum absolute atomic E-state index is 13.1. The molecule has 4 heteroatoms. The molecule has 1 aromatic heterocycles. The number of nitrogens with zero attached hydrogens (tertiary/aromatic N) is 2. The van der Waals surface area contributed by atoms with Crippen molar-refractivity contribution in [3.05, 3.63) is 58.1 Å². The van der Waals surface area contributed by atoms with E-state index in [1.807, 2.05) is 6.07 Å². The summed E-state index contributed by atoms with van der Waals surface area (Å²) in [5.41, 5.74) is 1.39. The lowest BCUT2D eigenvalue weighted by atomic mass is 10.2. The van der Waals surface area contributed by atoms with E-state index in [1.165, 1.54) is 12.1 Å². The molecule has 0 aliphatic carbocycles. The van der Waals surface area contributed by atoms with Gasteiger partial charge in [-0.2, -0.15) is 5.26 Å². The first kappa shape index (κ1) is 10.9. The first-order valence-corrected chi connectivity index (χ1v) is 5.48. The quantitative estimate of drug-likeness (QED) is 0.829. The molecule has 0 aliphatic heterocycles. The number of rotatable bonds is 2. The molecule has 0 radical (unpaired) electrons. The molecule has 2 nitrogen and oxygen atoms in total. The van der Waals surface area contributed by atoms with Gasteiger partial charge in [-0.15, -0.1) is 0 Å². The van der Waals surface area contributed by atoms with Crippen LogP contribution in [0.15, 0.2) is 41.0 Å². The average Bonchev–Trinajstić information content (AvgIpc) is 2.63. The Kier molecular flexibility index (Phi) is 3.07. The van der Waals surface area contributed by atoms with Crippen molar-refractivity contribution in [2.45, 2.75) is 6.54 Å². The van der Waals surface area contributed by atoms with Crippen molar-refractivity contribution in [1.29, 1.82) is 5.26 Å². The van der Waals surface area contributed by atoms with E-state index in [0.29, 0.717) is 16.7 Å². The van der Waals surface area contributed by atoms with Crippen LogP contribution in [0.2, 0.25) is 0 Å². The first-order chi connectivity index (χ1) is 7.69. The molecule has 0 unspecified atom stereocenters. The first-order valence-electron chi connectivity index (χ1n) is 4.69. The fourth-order valence-corrected chi connectivity index (χ4v) is 2.07. The molecule has 0 bridgehead atoms. The predicted molar refractivity (Wildman–Crippen MR) is 62.3 cm³/mol. The van der Waals surface area contributed by atoms with Gasteiger partial charge in [0, 0.05) is 17.2 Å². The number of hydrogen-bond acceptors (Lipinski definition) is 1. The van der Waals surface area contributed by atoms with Gasteiger partial charge in [0.2, 0.25) is 0 Å². The van der Waals surface area contributed by atoms with Crippen LogP contribution < -0.4 is 0 Å². The summed E-state index contributed by atoms with van der Waals surface area (Å²) >= 11 is 3.24. The predicted octanol–water partition coefficient (Wildman–Crippen LogP) is 3.31. The molecule has 2 rings (SSSR count). The highest BCUT2D eigenvalue weighted by Gasteiger charge is 2.03. The van der Waals surface area contributed by atoms with Crippen molar-refractivity contribution in [3.8, 4) is 6.07 Å². The van der Waals surface area contributed by atoms with Crippen LogP contribution in [0.25, 0.3) is 0 Å². The van der Waals surface area contributed by atoms with Gasteiger partial charge >= 0.3 is 0 Å². The Morgan fingerprint density at radius 3 is 2.88 bits per heavy atom. The van der Waals surface area contributed by atoms with Gasteiger partial charge in [-0.25, -0.2) is 4.39 Å². The molecule has 16 heavy (non-hydrogen) atoms. The van der Waals surface area contributed by atoms with E-state index in [2.05, 4.69) is 22.0 Å². The Balaban J connectivity index is 2.31. The van der Waals surface area contributed by atoms with Crippen molar-refractivity contribution < 1.29 is 4.39 Å². The Morgan fingerprint density at radius 2 is 2.19 bits per heavy atom. The number of hydrogen-bond donors (Lipinski definition) is 0. The maximum atomic E-state index is 13.1. The van der Waals surface area contributed by atoms with Crippen LogP contribution in [0.3, 0.4) is 0 Å². The number of halogens is 2. The Hall–Kier alpha value is -1.60. The van der Waals surface area contributed by atoms with Crippen molar-refractivity contribution in [2.24, 2.45) is 0 Å². The number of nitriles is 1. The number of benzene rings is 1. The van der Waals surface area contributed by atoms with Crippen LogP contribution in [0.4, 0.5) is 4.39 Å². The van der Waals surface area contributed by atoms with Crippen LogP contribution in [0.5, 0.6) is 0 Å². The number of aromatic nitrogens is 1. The van der Waals surface area contributed by atoms with Gasteiger partial charge in [0.25, 0.3) is 0 Å². The SMILES string of the molecule is N#Cc1cccn1Cc1cc(F)cc(Br)c1. The van der Waals surface area contributed by atoms with E-state index in [4.69, 9.17) is 5.26 Å². The molecular weight excluding hydrogens is 271 g/mol. The molecular formula is C12H8BrFN2. The molecule has 0 aliphatic rings. The topological polar surface area (TPSA) is 28.7 Å². The summed E-state index contributed by atoms with van der Waals surface area (Å²) in [6, 6.07) is 10.3. The monoisotopic (exact) mass is 278 g/mol. The molecule has 0 fully saturated rings. The van der Waals surface area contributed by atoms with Gasteiger partial charge in [0.1, 0.15) is 17.6 Å². The summed E-state index contributed by atoms with van der Waals surface area (Å²) in [6.07, 6.45) is 1.80. The van der Waals surface area contributed by atoms with Gasteiger partial charge in [0.05, 0.1) is 0 Å². The maximum Gasteiger partial charge on any atom is 0.124 e. The second-order valence-electron chi connectivity index (χ2n) is 3.41. The Labute approximate surface area is 101 Å². The van der Waals surface area contributed by atoms with Gasteiger partial charge in [-0.05, 0) is 35.9 Å². The normalized spacial score (nSPS) is 10.1. The minimum absolute atomic E-state index is 0.282. The summed E-state index contributed by atoms with van der Waals surface area (Å²) in [4.78, 5) is 0. The average molecular weight is 279 g/mol. The molecule has 80 valence electrons. The lowest BCUT2D eigenvalue weighted by molar-refractivity contribution is 0.622. The fraction of sp³-hybridized carbons (Fsp3) is 0.0833. The van der Waals surface area contributed by atoms with Crippen molar-refractivity contribution in [3.63, 3.8) is 0 Å². The minimum atomic E-state index is -0.282. The molecule has 0 atom stereocenters. The summed E-state index contributed by atoms with van der Waals surface area (Å²) in [5, 5.41) is 8.84. The zero-order chi connectivity index (χ0) is 11.5. The molecule has 1 heterocycles. The van der Waals surface area contributed by atoms with Crippen LogP contribution >= 0.6 is 15.9 Å². The minimum Gasteiger partial charge on any atom is -0.335 e. The van der Waals surface area contributed by atoms with Crippen molar-refractivity contribution in [2.75, 3.05) is 0 Å². The van der Waals surface area contributed by atoms with Crippen molar-refractivity contribution >= 4 is 15.9 Å². The summed E-state index contributed by atoms with van der Waals surface area (Å²) in [7, 11) is 0. The third-order valence-corrected chi connectivity index (χ3v) is 2.68. The molecule has 0 amide bonds. The summed E-state index contributed by atoms with van der Waals surface area (Å²) < 4.78 is 15.6. The van der Waals surface area contributed by atoms with E-state index in [0.717, 1.165) is 5.56 Å². The Bertz CT molecular complexity index is 534. The third-order valence-electron chi connectivity index (χ3n) is 2.22. The standard InChI is InChI=1S/C12H8BrFN2/c13-10-4-9(5-11(14)6-10)8-16-3-1-2-12(16)7-15/h1-6H,8H2. The molecule has 2 aromatic rings. The largest absolute Gasteiger partial charge is 0.335 e. The lowest BCUT2D eigenvalue weighted by Crippen LogP contribution is -2.01. The fourth-order valence-electron chi connectivity index (χ4n) is 1.55. The van der Waals surface area contributed by atoms with Crippen LogP contribution in [-0.2, 0) is 6.54 Å². The third kappa shape index (κ3) is 2.31. The molecule has 1 aromatic carbocycles. The molecule has 0 N–H and O–H groups in total. The second kappa shape index (κ2) is 4.50. The van der Waals surface area contributed by atoms with E-state index < -0.39 is 0 Å². The van der Waals surface area contributed by atoms with Gasteiger partial charge in [-0.3, -0.25) is 0 Å². The van der Waals surface area contributed by atoms with Gasteiger partial charge in [-0.1, -0.05) is 15.9 Å². The van der Waals surface area contributed by atoms with Crippen LogP contribution in [0.1, 0.15) is 11.3 Å². The lowest BCUT2D eigenvalue weighted by Gasteiger charge is -2.05. The van der Waals surface area contributed by atoms with Gasteiger partial charge < -0.3 is 4.57 Å². The zero-order valence-electron chi connectivity index (χ0n) is 8.32. The molecule has 0 saturated carbocycles. The molecule has 0 saturated heterocycles. The zero-order valence-corrected chi connectivity index (χ0v) is 9.91.